The molecule has 0 saturated carbocycles. The molecule has 0 aliphatic carbocycles. The van der Waals surface area contributed by atoms with Crippen LogP contribution in [0.5, 0.6) is 0 Å². The van der Waals surface area contributed by atoms with Crippen LogP contribution in [0.3, 0.4) is 0 Å². The van der Waals surface area contributed by atoms with E-state index in [1.54, 1.807) is 0 Å². The van der Waals surface area contributed by atoms with Crippen molar-refractivity contribution in [3.63, 3.8) is 0 Å². The number of amides is 2. The zero-order chi connectivity index (χ0) is 19.6. The summed E-state index contributed by atoms with van der Waals surface area (Å²) in [5.41, 5.74) is 3.27. The number of aliphatic imine (C=N–C) groups is 1. The second-order valence-electron chi connectivity index (χ2n) is 6.16. The Bertz CT molecular complexity index is 949. The first-order chi connectivity index (χ1) is 12.8. The van der Waals surface area contributed by atoms with E-state index in [0.29, 0.717) is 11.4 Å². The maximum atomic E-state index is 13.3. The number of carbonyl (C=O) groups excluding carboxylic acids is 2. The van der Waals surface area contributed by atoms with Crippen molar-refractivity contribution in [2.45, 2.75) is 25.5 Å². The molecule has 8 heteroatoms. The lowest BCUT2D eigenvalue weighted by Crippen LogP contribution is -2.41. The molecular weight excluding hydrogens is 389 g/mol. The highest BCUT2D eigenvalue weighted by atomic mass is 35.5. The fourth-order valence-corrected chi connectivity index (χ4v) is 3.63. The van der Waals surface area contributed by atoms with Gasteiger partial charge in [-0.3, -0.25) is 9.59 Å². The molecule has 2 aromatic carbocycles. The Kier molecular flexibility index (Phi) is 5.82. The number of benzene rings is 2. The highest BCUT2D eigenvalue weighted by molar-refractivity contribution is 8.15. The van der Waals surface area contributed by atoms with Gasteiger partial charge in [0.2, 0.25) is 11.8 Å². The monoisotopic (exact) mass is 405 g/mol. The van der Waals surface area contributed by atoms with E-state index in [1.807, 2.05) is 32.0 Å². The summed E-state index contributed by atoms with van der Waals surface area (Å²) in [6, 6.07) is 9.63. The van der Waals surface area contributed by atoms with Crippen molar-refractivity contribution in [3.8, 4) is 0 Å². The minimum absolute atomic E-state index is 0.0462. The number of hydrogen-bond acceptors (Lipinski definition) is 4. The number of aryl methyl sites for hydroxylation is 2. The van der Waals surface area contributed by atoms with Crippen LogP contribution in [0.25, 0.3) is 0 Å². The van der Waals surface area contributed by atoms with Crippen LogP contribution in [-0.4, -0.2) is 22.2 Å². The highest BCUT2D eigenvalue weighted by Crippen LogP contribution is 2.27. The van der Waals surface area contributed by atoms with Crippen LogP contribution in [0, 0.1) is 19.7 Å². The van der Waals surface area contributed by atoms with Crippen molar-refractivity contribution in [3.05, 3.63) is 58.4 Å². The third-order valence-electron chi connectivity index (χ3n) is 4.07. The summed E-state index contributed by atoms with van der Waals surface area (Å²) in [5.74, 6) is -1.13. The van der Waals surface area contributed by atoms with Gasteiger partial charge in [0, 0.05) is 12.1 Å². The molecule has 0 aromatic heterocycles. The minimum Gasteiger partial charge on any atom is -0.325 e. The van der Waals surface area contributed by atoms with Gasteiger partial charge in [0.05, 0.1) is 10.7 Å². The number of carbonyl (C=O) groups is 2. The fourth-order valence-electron chi connectivity index (χ4n) is 2.46. The Hall–Kier alpha value is -2.38. The lowest BCUT2D eigenvalue weighted by molar-refractivity contribution is -0.123. The van der Waals surface area contributed by atoms with Crippen molar-refractivity contribution >= 4 is 51.7 Å². The predicted octanol–water partition coefficient (Wildman–Crippen LogP) is 4.34. The minimum atomic E-state index is -0.616. The van der Waals surface area contributed by atoms with Crippen molar-refractivity contribution in [1.29, 1.82) is 0 Å². The summed E-state index contributed by atoms with van der Waals surface area (Å²) in [4.78, 5) is 28.8. The standard InChI is InChI=1S/C19H17ClFN3O2S/c1-10-3-4-12(7-11(10)2)22-18(26)16-9-17(25)24-19(27-16)23-13-5-6-15(21)14(20)8-13/h3-8,16H,9H2,1-2H3,(H,22,26)(H,23,24,25). The largest absolute Gasteiger partial charge is 0.325 e. The number of rotatable bonds is 3. The van der Waals surface area contributed by atoms with Crippen molar-refractivity contribution in [1.82, 2.24) is 5.32 Å². The normalized spacial score (nSPS) is 18.3. The Morgan fingerprint density at radius 2 is 2.04 bits per heavy atom. The van der Waals surface area contributed by atoms with Gasteiger partial charge in [0.1, 0.15) is 11.1 Å². The van der Waals surface area contributed by atoms with E-state index in [0.717, 1.165) is 22.9 Å². The zero-order valence-electron chi connectivity index (χ0n) is 14.7. The van der Waals surface area contributed by atoms with Gasteiger partial charge in [-0.25, -0.2) is 9.38 Å². The van der Waals surface area contributed by atoms with E-state index >= 15 is 0 Å². The number of anilines is 1. The topological polar surface area (TPSA) is 70.6 Å². The third-order valence-corrected chi connectivity index (χ3v) is 5.44. The first-order valence-electron chi connectivity index (χ1n) is 8.20. The molecule has 5 nitrogen and oxygen atoms in total. The number of thioether (sulfide) groups is 1. The lowest BCUT2D eigenvalue weighted by Gasteiger charge is -2.22. The molecule has 0 radical (unpaired) electrons. The Labute approximate surface area is 165 Å². The Morgan fingerprint density at radius 1 is 1.26 bits per heavy atom. The summed E-state index contributed by atoms with van der Waals surface area (Å²) in [6.45, 7) is 3.96. The fraction of sp³-hybridized carbons (Fsp3) is 0.211. The number of amidine groups is 1. The van der Waals surface area contributed by atoms with E-state index in [2.05, 4.69) is 15.6 Å². The molecule has 2 amide bonds. The maximum absolute atomic E-state index is 13.3. The lowest BCUT2D eigenvalue weighted by atomic mass is 10.1. The smallest absolute Gasteiger partial charge is 0.238 e. The van der Waals surface area contributed by atoms with Gasteiger partial charge < -0.3 is 10.6 Å². The molecule has 140 valence electrons. The van der Waals surface area contributed by atoms with Crippen LogP contribution in [0.15, 0.2) is 41.4 Å². The zero-order valence-corrected chi connectivity index (χ0v) is 16.2. The highest BCUT2D eigenvalue weighted by Gasteiger charge is 2.30. The van der Waals surface area contributed by atoms with Gasteiger partial charge in [0.25, 0.3) is 0 Å². The Morgan fingerprint density at radius 3 is 2.74 bits per heavy atom. The molecule has 2 aromatic rings. The molecule has 1 fully saturated rings. The molecule has 1 atom stereocenters. The van der Waals surface area contributed by atoms with Gasteiger partial charge in [0.15, 0.2) is 5.17 Å². The second kappa shape index (κ2) is 8.10. The average Bonchev–Trinajstić information content (AvgIpc) is 2.61. The van der Waals surface area contributed by atoms with E-state index in [4.69, 9.17) is 11.6 Å². The first-order valence-corrected chi connectivity index (χ1v) is 9.46. The van der Waals surface area contributed by atoms with Gasteiger partial charge in [-0.1, -0.05) is 29.4 Å². The molecule has 1 aliphatic heterocycles. The molecule has 1 heterocycles. The number of hydrogen-bond donors (Lipinski definition) is 2. The molecule has 27 heavy (non-hydrogen) atoms. The SMILES string of the molecule is Cc1ccc(NC(=O)C2CC(=O)NC(=Nc3ccc(F)c(Cl)c3)S2)cc1C. The Balaban J connectivity index is 1.74. The second-order valence-corrected chi connectivity index (χ2v) is 7.76. The first kappa shape index (κ1) is 19.4. The van der Waals surface area contributed by atoms with Gasteiger partial charge in [-0.2, -0.15) is 0 Å². The summed E-state index contributed by atoms with van der Waals surface area (Å²) in [6.07, 6.45) is 0.0462. The molecule has 1 aliphatic rings. The van der Waals surface area contributed by atoms with Crippen LogP contribution >= 0.6 is 23.4 Å². The molecule has 1 saturated heterocycles. The molecule has 0 spiro atoms. The van der Waals surface area contributed by atoms with E-state index < -0.39 is 11.1 Å². The van der Waals surface area contributed by atoms with Crippen molar-refractivity contribution < 1.29 is 14.0 Å². The van der Waals surface area contributed by atoms with E-state index in [-0.39, 0.29) is 28.4 Å². The van der Waals surface area contributed by atoms with E-state index in [9.17, 15) is 14.0 Å². The van der Waals surface area contributed by atoms with Crippen molar-refractivity contribution in [2.75, 3.05) is 5.32 Å². The summed E-state index contributed by atoms with van der Waals surface area (Å²) >= 11 is 6.89. The van der Waals surface area contributed by atoms with Crippen LogP contribution < -0.4 is 10.6 Å². The molecule has 2 N–H and O–H groups in total. The summed E-state index contributed by atoms with van der Waals surface area (Å²) in [7, 11) is 0. The van der Waals surface area contributed by atoms with E-state index in [1.165, 1.54) is 18.2 Å². The van der Waals surface area contributed by atoms with Gasteiger partial charge in [-0.15, -0.1) is 0 Å². The van der Waals surface area contributed by atoms with Crippen LogP contribution in [0.2, 0.25) is 5.02 Å². The maximum Gasteiger partial charge on any atom is 0.238 e. The number of nitrogens with one attached hydrogen (secondary N) is 2. The number of halogens is 2. The summed E-state index contributed by atoms with van der Waals surface area (Å²) < 4.78 is 13.3. The molecule has 1 unspecified atom stereocenters. The summed E-state index contributed by atoms with van der Waals surface area (Å²) in [5, 5.41) is 5.05. The van der Waals surface area contributed by atoms with Crippen LogP contribution in [0.4, 0.5) is 15.8 Å². The van der Waals surface area contributed by atoms with Crippen LogP contribution in [-0.2, 0) is 9.59 Å². The van der Waals surface area contributed by atoms with Crippen molar-refractivity contribution in [2.24, 2.45) is 4.99 Å². The quantitative estimate of drug-likeness (QED) is 0.797. The third kappa shape index (κ3) is 4.87. The number of nitrogens with zero attached hydrogens (tertiary/aromatic N) is 1. The van der Waals surface area contributed by atoms with Gasteiger partial charge in [-0.05, 0) is 55.3 Å². The molecule has 0 bridgehead atoms. The van der Waals surface area contributed by atoms with Crippen LogP contribution in [0.1, 0.15) is 17.5 Å². The predicted molar refractivity (Wildman–Crippen MR) is 107 cm³/mol. The van der Waals surface area contributed by atoms with Gasteiger partial charge >= 0.3 is 0 Å². The molecule has 3 rings (SSSR count). The molecular formula is C19H17ClFN3O2S. The average molecular weight is 406 g/mol.